The Morgan fingerprint density at radius 1 is 1.20 bits per heavy atom. The van der Waals surface area contributed by atoms with E-state index in [-0.39, 0.29) is 5.41 Å². The molecule has 88 valence electrons. The second-order valence-electron chi connectivity index (χ2n) is 6.75. The van der Waals surface area contributed by atoms with Crippen LogP contribution in [-0.2, 0) is 4.74 Å². The first-order valence-electron chi connectivity index (χ1n) is 5.87. The molecule has 1 rings (SSSR count). The summed E-state index contributed by atoms with van der Waals surface area (Å²) in [5.74, 6) is 1.43. The summed E-state index contributed by atoms with van der Waals surface area (Å²) in [6.07, 6.45) is 1.13. The lowest BCUT2D eigenvalue weighted by Crippen LogP contribution is -2.32. The van der Waals surface area contributed by atoms with Crippen LogP contribution in [0.15, 0.2) is 4.99 Å². The minimum atomic E-state index is 0.233. The summed E-state index contributed by atoms with van der Waals surface area (Å²) in [4.78, 5) is 4.48. The molecule has 15 heavy (non-hydrogen) atoms. The summed E-state index contributed by atoms with van der Waals surface area (Å²) in [6.45, 7) is 15.3. The molecule has 1 atom stereocenters. The third-order valence-corrected chi connectivity index (χ3v) is 2.77. The first-order valence-corrected chi connectivity index (χ1v) is 5.87. The summed E-state index contributed by atoms with van der Waals surface area (Å²) >= 11 is 0. The molecule has 0 saturated carbocycles. The molecule has 1 aliphatic rings. The molecule has 1 unspecified atom stereocenters. The third kappa shape index (κ3) is 3.84. The van der Waals surface area contributed by atoms with Gasteiger partial charge in [-0.05, 0) is 17.3 Å². The largest absolute Gasteiger partial charge is 0.479 e. The Hall–Kier alpha value is -0.530. The van der Waals surface area contributed by atoms with Crippen LogP contribution in [0.25, 0.3) is 0 Å². The van der Waals surface area contributed by atoms with E-state index in [9.17, 15) is 0 Å². The molecule has 0 aromatic carbocycles. The number of ether oxygens (including phenoxy) is 1. The first-order chi connectivity index (χ1) is 6.70. The van der Waals surface area contributed by atoms with Gasteiger partial charge in [0.25, 0.3) is 0 Å². The second kappa shape index (κ2) is 4.15. The van der Waals surface area contributed by atoms with Crippen molar-refractivity contribution < 1.29 is 4.74 Å². The van der Waals surface area contributed by atoms with Gasteiger partial charge < -0.3 is 4.74 Å². The van der Waals surface area contributed by atoms with Crippen LogP contribution in [0.1, 0.15) is 48.0 Å². The van der Waals surface area contributed by atoms with Crippen LogP contribution >= 0.6 is 0 Å². The van der Waals surface area contributed by atoms with Gasteiger partial charge in [0.15, 0.2) is 5.90 Å². The highest BCUT2D eigenvalue weighted by Crippen LogP contribution is 2.37. The third-order valence-electron chi connectivity index (χ3n) is 2.77. The zero-order valence-electron chi connectivity index (χ0n) is 11.1. The summed E-state index contributed by atoms with van der Waals surface area (Å²) in [5.41, 5.74) is 0.558. The molecule has 2 heteroatoms. The fraction of sp³-hybridized carbons (Fsp3) is 0.923. The Kier molecular flexibility index (Phi) is 3.47. The Morgan fingerprint density at radius 2 is 1.80 bits per heavy atom. The average molecular weight is 211 g/mol. The molecular formula is C13H25NO. The molecule has 0 radical (unpaired) electrons. The second-order valence-corrected chi connectivity index (χ2v) is 6.75. The summed E-state index contributed by atoms with van der Waals surface area (Å²) in [7, 11) is 0. The zero-order valence-corrected chi connectivity index (χ0v) is 11.1. The van der Waals surface area contributed by atoms with Gasteiger partial charge >= 0.3 is 0 Å². The van der Waals surface area contributed by atoms with Gasteiger partial charge in [-0.25, -0.2) is 0 Å². The smallest absolute Gasteiger partial charge is 0.187 e. The van der Waals surface area contributed by atoms with Crippen molar-refractivity contribution in [3.63, 3.8) is 0 Å². The molecule has 2 nitrogen and oxygen atoms in total. The van der Waals surface area contributed by atoms with Crippen molar-refractivity contribution in [1.29, 1.82) is 0 Å². The maximum Gasteiger partial charge on any atom is 0.187 e. The van der Waals surface area contributed by atoms with Gasteiger partial charge in [-0.15, -0.1) is 0 Å². The Bertz CT molecular complexity index is 242. The fourth-order valence-corrected chi connectivity index (χ4v) is 1.94. The monoisotopic (exact) mass is 211 g/mol. The topological polar surface area (TPSA) is 21.6 Å². The van der Waals surface area contributed by atoms with Gasteiger partial charge in [-0.2, -0.15) is 0 Å². The molecule has 0 aromatic heterocycles. The number of rotatable bonds is 2. The first kappa shape index (κ1) is 12.5. The molecule has 0 aromatic rings. The van der Waals surface area contributed by atoms with Gasteiger partial charge in [0.2, 0.25) is 0 Å². The van der Waals surface area contributed by atoms with Crippen molar-refractivity contribution in [2.45, 2.75) is 48.0 Å². The van der Waals surface area contributed by atoms with Crippen molar-refractivity contribution in [2.75, 3.05) is 13.2 Å². The molecule has 0 spiro atoms. The number of hydrogen-bond acceptors (Lipinski definition) is 2. The Balaban J connectivity index is 2.79. The average Bonchev–Trinajstić information content (AvgIpc) is 2.47. The van der Waals surface area contributed by atoms with Crippen LogP contribution in [0.2, 0.25) is 0 Å². The van der Waals surface area contributed by atoms with Gasteiger partial charge in [-0.1, -0.05) is 41.5 Å². The molecule has 0 aliphatic carbocycles. The number of hydrogen-bond donors (Lipinski definition) is 0. The number of nitrogens with zero attached hydrogens (tertiary/aromatic N) is 1. The minimum Gasteiger partial charge on any atom is -0.479 e. The predicted molar refractivity (Wildman–Crippen MR) is 65.3 cm³/mol. The SMILES string of the molecule is CC(C)(C)CC(C1=NCCO1)C(C)(C)C. The standard InChI is InChI=1S/C13H25NO/c1-12(2,3)9-10(13(4,5)6)11-14-7-8-15-11/h10H,7-9H2,1-6H3. The maximum absolute atomic E-state index is 5.64. The van der Waals surface area contributed by atoms with Crippen molar-refractivity contribution in [3.05, 3.63) is 0 Å². The molecule has 0 amide bonds. The highest BCUT2D eigenvalue weighted by Gasteiger charge is 2.35. The Labute approximate surface area is 94.1 Å². The van der Waals surface area contributed by atoms with E-state index in [0.29, 0.717) is 11.3 Å². The van der Waals surface area contributed by atoms with Crippen molar-refractivity contribution >= 4 is 5.90 Å². The van der Waals surface area contributed by atoms with E-state index in [0.717, 1.165) is 25.5 Å². The molecule has 0 bridgehead atoms. The summed E-state index contributed by atoms with van der Waals surface area (Å²) < 4.78 is 5.64. The lowest BCUT2D eigenvalue weighted by molar-refractivity contribution is 0.188. The molecule has 0 fully saturated rings. The van der Waals surface area contributed by atoms with Crippen LogP contribution in [0, 0.1) is 16.7 Å². The quantitative estimate of drug-likeness (QED) is 0.685. The maximum atomic E-state index is 5.64. The van der Waals surface area contributed by atoms with Gasteiger partial charge in [0.1, 0.15) is 6.61 Å². The van der Waals surface area contributed by atoms with Crippen LogP contribution in [-0.4, -0.2) is 19.0 Å². The lowest BCUT2D eigenvalue weighted by Gasteiger charge is -2.34. The van der Waals surface area contributed by atoms with Crippen LogP contribution in [0.3, 0.4) is 0 Å². The molecule has 0 N–H and O–H groups in total. The minimum absolute atomic E-state index is 0.233. The van der Waals surface area contributed by atoms with Gasteiger partial charge in [0.05, 0.1) is 6.54 Å². The van der Waals surface area contributed by atoms with Crippen LogP contribution < -0.4 is 0 Å². The number of aliphatic imine (C=N–C) groups is 1. The fourth-order valence-electron chi connectivity index (χ4n) is 1.94. The van der Waals surface area contributed by atoms with Crippen molar-refractivity contribution in [1.82, 2.24) is 0 Å². The summed E-state index contributed by atoms with van der Waals surface area (Å²) in [5, 5.41) is 0. The van der Waals surface area contributed by atoms with E-state index in [2.05, 4.69) is 46.5 Å². The van der Waals surface area contributed by atoms with Crippen LogP contribution in [0.4, 0.5) is 0 Å². The molecule has 1 aliphatic heterocycles. The van der Waals surface area contributed by atoms with E-state index in [1.165, 1.54) is 0 Å². The van der Waals surface area contributed by atoms with Gasteiger partial charge in [0, 0.05) is 5.92 Å². The summed E-state index contributed by atoms with van der Waals surface area (Å²) in [6, 6.07) is 0. The van der Waals surface area contributed by atoms with E-state index in [4.69, 9.17) is 4.74 Å². The molecule has 0 saturated heterocycles. The van der Waals surface area contributed by atoms with Crippen molar-refractivity contribution in [2.24, 2.45) is 21.7 Å². The molecular weight excluding hydrogens is 186 g/mol. The van der Waals surface area contributed by atoms with Gasteiger partial charge in [-0.3, -0.25) is 4.99 Å². The highest BCUT2D eigenvalue weighted by molar-refractivity contribution is 5.80. The Morgan fingerprint density at radius 3 is 2.13 bits per heavy atom. The van der Waals surface area contributed by atoms with E-state index < -0.39 is 0 Å². The molecule has 1 heterocycles. The normalized spacial score (nSPS) is 19.7. The van der Waals surface area contributed by atoms with E-state index in [1.54, 1.807) is 0 Å². The van der Waals surface area contributed by atoms with E-state index >= 15 is 0 Å². The lowest BCUT2D eigenvalue weighted by atomic mass is 9.72. The highest BCUT2D eigenvalue weighted by atomic mass is 16.5. The van der Waals surface area contributed by atoms with Crippen molar-refractivity contribution in [3.8, 4) is 0 Å². The zero-order chi connectivity index (χ0) is 11.7. The van der Waals surface area contributed by atoms with Crippen LogP contribution in [0.5, 0.6) is 0 Å². The van der Waals surface area contributed by atoms with E-state index in [1.807, 2.05) is 0 Å². The predicted octanol–water partition coefficient (Wildman–Crippen LogP) is 3.51.